The molecule has 0 saturated heterocycles. The van der Waals surface area contributed by atoms with Crippen molar-refractivity contribution in [3.05, 3.63) is 21.0 Å². The monoisotopic (exact) mass is 339 g/mol. The Labute approximate surface area is 107 Å². The molecule has 86 valence electrons. The van der Waals surface area contributed by atoms with Crippen LogP contribution in [0.2, 0.25) is 0 Å². The Morgan fingerprint density at radius 1 is 1.53 bits per heavy atom. The van der Waals surface area contributed by atoms with Crippen molar-refractivity contribution in [1.82, 2.24) is 5.32 Å². The predicted octanol–water partition coefficient (Wildman–Crippen LogP) is 3.18. The lowest BCUT2D eigenvalue weighted by Gasteiger charge is -2.10. The highest BCUT2D eigenvalue weighted by atomic mass is 79.9. The summed E-state index contributed by atoms with van der Waals surface area (Å²) in [6.07, 6.45) is 0. The van der Waals surface area contributed by atoms with Gasteiger partial charge in [-0.15, -0.1) is 0 Å². The van der Waals surface area contributed by atoms with Crippen LogP contribution in [0.15, 0.2) is 19.6 Å². The summed E-state index contributed by atoms with van der Waals surface area (Å²) in [6.45, 7) is 4.57. The lowest BCUT2D eigenvalue weighted by molar-refractivity contribution is 0.158. The van der Waals surface area contributed by atoms with Gasteiger partial charge in [0.25, 0.3) is 0 Å². The number of halogens is 2. The lowest BCUT2D eigenvalue weighted by Crippen LogP contribution is -2.23. The van der Waals surface area contributed by atoms with Gasteiger partial charge in [-0.1, -0.05) is 6.92 Å². The van der Waals surface area contributed by atoms with E-state index in [4.69, 9.17) is 9.15 Å². The van der Waals surface area contributed by atoms with Gasteiger partial charge in [0.2, 0.25) is 0 Å². The van der Waals surface area contributed by atoms with Crippen molar-refractivity contribution in [2.24, 2.45) is 5.92 Å². The van der Waals surface area contributed by atoms with Crippen LogP contribution >= 0.6 is 31.9 Å². The number of hydrogen-bond acceptors (Lipinski definition) is 3. The number of methoxy groups -OCH3 is 1. The summed E-state index contributed by atoms with van der Waals surface area (Å²) in [4.78, 5) is 0. The molecule has 1 atom stereocenters. The summed E-state index contributed by atoms with van der Waals surface area (Å²) in [5.74, 6) is 1.43. The van der Waals surface area contributed by atoms with Gasteiger partial charge in [-0.2, -0.15) is 0 Å². The molecule has 15 heavy (non-hydrogen) atoms. The van der Waals surface area contributed by atoms with E-state index in [2.05, 4.69) is 44.1 Å². The van der Waals surface area contributed by atoms with Gasteiger partial charge in [-0.3, -0.25) is 0 Å². The Balaban J connectivity index is 2.25. The van der Waals surface area contributed by atoms with Gasteiger partial charge in [0.05, 0.1) is 11.0 Å². The van der Waals surface area contributed by atoms with E-state index in [1.54, 1.807) is 7.11 Å². The molecule has 0 radical (unpaired) electrons. The van der Waals surface area contributed by atoms with E-state index in [9.17, 15) is 0 Å². The fourth-order valence-electron chi connectivity index (χ4n) is 1.26. The standard InChI is InChI=1S/C10H15Br2NO2/c1-7(6-14-2)4-13-5-8-3-9(11)10(12)15-8/h3,7,13H,4-6H2,1-2H3. The van der Waals surface area contributed by atoms with Crippen molar-refractivity contribution in [1.29, 1.82) is 0 Å². The Hall–Kier alpha value is 0.160. The quantitative estimate of drug-likeness (QED) is 0.863. The molecule has 0 spiro atoms. The Morgan fingerprint density at radius 2 is 2.27 bits per heavy atom. The van der Waals surface area contributed by atoms with E-state index in [0.29, 0.717) is 5.92 Å². The summed E-state index contributed by atoms with van der Waals surface area (Å²) in [7, 11) is 1.72. The van der Waals surface area contributed by atoms with Crippen LogP contribution in [0.3, 0.4) is 0 Å². The van der Waals surface area contributed by atoms with Crippen molar-refractivity contribution in [2.75, 3.05) is 20.3 Å². The molecule has 0 amide bonds. The van der Waals surface area contributed by atoms with Gasteiger partial charge >= 0.3 is 0 Å². The normalized spacial score (nSPS) is 13.1. The minimum Gasteiger partial charge on any atom is -0.452 e. The number of hydrogen-bond donors (Lipinski definition) is 1. The molecule has 0 aliphatic heterocycles. The zero-order chi connectivity index (χ0) is 11.3. The Kier molecular flexibility index (Phi) is 5.89. The van der Waals surface area contributed by atoms with Crippen LogP contribution in [0.1, 0.15) is 12.7 Å². The van der Waals surface area contributed by atoms with Gasteiger partial charge in [0.15, 0.2) is 4.67 Å². The second-order valence-corrected chi connectivity index (χ2v) is 5.10. The maximum Gasteiger partial charge on any atom is 0.183 e. The van der Waals surface area contributed by atoms with Crippen LogP contribution < -0.4 is 5.32 Å². The molecule has 0 bridgehead atoms. The predicted molar refractivity (Wildman–Crippen MR) is 66.9 cm³/mol. The average Bonchev–Trinajstić information content (AvgIpc) is 2.46. The second kappa shape index (κ2) is 6.68. The van der Waals surface area contributed by atoms with E-state index in [1.807, 2.05) is 6.07 Å². The maximum absolute atomic E-state index is 5.43. The first-order valence-corrected chi connectivity index (χ1v) is 6.35. The molecule has 0 aliphatic rings. The molecule has 5 heteroatoms. The van der Waals surface area contributed by atoms with Gasteiger partial charge < -0.3 is 14.5 Å². The van der Waals surface area contributed by atoms with Crippen molar-refractivity contribution >= 4 is 31.9 Å². The van der Waals surface area contributed by atoms with Crippen molar-refractivity contribution < 1.29 is 9.15 Å². The fourth-order valence-corrected chi connectivity index (χ4v) is 1.92. The third-order valence-electron chi connectivity index (χ3n) is 1.94. The van der Waals surface area contributed by atoms with Crippen LogP contribution in [-0.2, 0) is 11.3 Å². The topological polar surface area (TPSA) is 34.4 Å². The maximum atomic E-state index is 5.43. The van der Waals surface area contributed by atoms with E-state index >= 15 is 0 Å². The van der Waals surface area contributed by atoms with Gasteiger partial charge in [-0.05, 0) is 43.8 Å². The Morgan fingerprint density at radius 3 is 2.80 bits per heavy atom. The third-order valence-corrected chi connectivity index (χ3v) is 3.65. The summed E-state index contributed by atoms with van der Waals surface area (Å²) in [5, 5.41) is 3.31. The van der Waals surface area contributed by atoms with Crippen LogP contribution in [0.25, 0.3) is 0 Å². The van der Waals surface area contributed by atoms with Crippen LogP contribution in [0, 0.1) is 5.92 Å². The highest BCUT2D eigenvalue weighted by Gasteiger charge is 2.06. The molecule has 0 fully saturated rings. The van der Waals surface area contributed by atoms with E-state index in [0.717, 1.165) is 34.6 Å². The lowest BCUT2D eigenvalue weighted by atomic mass is 10.2. The molecule has 3 nitrogen and oxygen atoms in total. The number of rotatable bonds is 6. The zero-order valence-electron chi connectivity index (χ0n) is 8.85. The minimum absolute atomic E-state index is 0.511. The largest absolute Gasteiger partial charge is 0.452 e. The number of furan rings is 1. The third kappa shape index (κ3) is 4.68. The molecule has 1 N–H and O–H groups in total. The first kappa shape index (κ1) is 13.2. The minimum atomic E-state index is 0.511. The molecule has 1 unspecified atom stereocenters. The van der Waals surface area contributed by atoms with E-state index < -0.39 is 0 Å². The molecule has 1 aromatic rings. The number of nitrogens with one attached hydrogen (secondary N) is 1. The molecule has 1 aromatic heterocycles. The second-order valence-electron chi connectivity index (χ2n) is 3.53. The molecule has 0 saturated carbocycles. The van der Waals surface area contributed by atoms with Gasteiger partial charge in [0.1, 0.15) is 5.76 Å². The first-order chi connectivity index (χ1) is 7.13. The molecular formula is C10H15Br2NO2. The summed E-state index contributed by atoms with van der Waals surface area (Å²) in [6, 6.07) is 1.96. The molecule has 1 rings (SSSR count). The number of ether oxygens (including phenoxy) is 1. The van der Waals surface area contributed by atoms with E-state index in [1.165, 1.54) is 0 Å². The highest BCUT2D eigenvalue weighted by Crippen LogP contribution is 2.26. The van der Waals surface area contributed by atoms with Crippen LogP contribution in [0.4, 0.5) is 0 Å². The van der Waals surface area contributed by atoms with Crippen molar-refractivity contribution in [2.45, 2.75) is 13.5 Å². The molecule has 1 heterocycles. The summed E-state index contributed by atoms with van der Waals surface area (Å²) >= 11 is 6.67. The summed E-state index contributed by atoms with van der Waals surface area (Å²) in [5.41, 5.74) is 0. The highest BCUT2D eigenvalue weighted by molar-refractivity contribution is 9.13. The zero-order valence-corrected chi connectivity index (χ0v) is 12.0. The first-order valence-electron chi connectivity index (χ1n) is 4.76. The van der Waals surface area contributed by atoms with Crippen molar-refractivity contribution in [3.63, 3.8) is 0 Å². The average molecular weight is 341 g/mol. The molecular weight excluding hydrogens is 326 g/mol. The van der Waals surface area contributed by atoms with Gasteiger partial charge in [-0.25, -0.2) is 0 Å². The smallest absolute Gasteiger partial charge is 0.183 e. The van der Waals surface area contributed by atoms with E-state index in [-0.39, 0.29) is 0 Å². The van der Waals surface area contributed by atoms with Gasteiger partial charge in [0, 0.05) is 20.3 Å². The molecule has 0 aliphatic carbocycles. The van der Waals surface area contributed by atoms with Crippen LogP contribution in [0.5, 0.6) is 0 Å². The fraction of sp³-hybridized carbons (Fsp3) is 0.600. The van der Waals surface area contributed by atoms with Crippen molar-refractivity contribution in [3.8, 4) is 0 Å². The summed E-state index contributed by atoms with van der Waals surface area (Å²) < 4.78 is 12.2. The molecule has 0 aromatic carbocycles. The SMILES string of the molecule is COCC(C)CNCc1cc(Br)c(Br)o1. The Bertz CT molecular complexity index is 282. The van der Waals surface area contributed by atoms with Crippen LogP contribution in [-0.4, -0.2) is 20.3 Å².